The molecule has 5 nitrogen and oxygen atoms in total. The molecule has 0 aliphatic carbocycles. The number of aromatic nitrogens is 2. The van der Waals surface area contributed by atoms with Gasteiger partial charge in [0, 0.05) is 13.1 Å². The highest BCUT2D eigenvalue weighted by atomic mass is 16.1. The van der Waals surface area contributed by atoms with Crippen molar-refractivity contribution in [3.63, 3.8) is 0 Å². The van der Waals surface area contributed by atoms with Gasteiger partial charge in [-0.15, -0.1) is 0 Å². The fourth-order valence-corrected chi connectivity index (χ4v) is 2.94. The Kier molecular flexibility index (Phi) is 5.08. The molecule has 1 amide bonds. The standard InChI is InChI=1S/C19H24N4O/c1-14-8-10-23(11-9-14)18-13-20-17(12-21-18)19(24)22-15(2)16-6-4-3-5-7-16/h3-7,12-15H,8-11H2,1-2H3,(H,22,24). The SMILES string of the molecule is CC1CCN(c2cnc(C(=O)NC(C)c3ccccc3)cn2)CC1. The van der Waals surface area contributed by atoms with E-state index in [9.17, 15) is 4.79 Å². The van der Waals surface area contributed by atoms with E-state index < -0.39 is 0 Å². The Morgan fingerprint density at radius 1 is 1.17 bits per heavy atom. The minimum Gasteiger partial charge on any atom is -0.355 e. The van der Waals surface area contributed by atoms with Gasteiger partial charge in [0.25, 0.3) is 5.91 Å². The van der Waals surface area contributed by atoms with Gasteiger partial charge in [0.05, 0.1) is 18.4 Å². The zero-order chi connectivity index (χ0) is 16.9. The summed E-state index contributed by atoms with van der Waals surface area (Å²) in [4.78, 5) is 23.3. The summed E-state index contributed by atoms with van der Waals surface area (Å²) in [7, 11) is 0. The lowest BCUT2D eigenvalue weighted by Gasteiger charge is -2.30. The highest BCUT2D eigenvalue weighted by Crippen LogP contribution is 2.20. The third-order valence-corrected chi connectivity index (χ3v) is 4.63. The highest BCUT2D eigenvalue weighted by Gasteiger charge is 2.18. The molecule has 1 N–H and O–H groups in total. The number of hydrogen-bond donors (Lipinski definition) is 1. The number of carbonyl (C=O) groups excluding carboxylic acids is 1. The van der Waals surface area contributed by atoms with Gasteiger partial charge in [0.2, 0.25) is 0 Å². The lowest BCUT2D eigenvalue weighted by molar-refractivity contribution is 0.0934. The molecule has 1 unspecified atom stereocenters. The van der Waals surface area contributed by atoms with Gasteiger partial charge in [0.15, 0.2) is 0 Å². The van der Waals surface area contributed by atoms with Crippen molar-refractivity contribution in [2.45, 2.75) is 32.7 Å². The van der Waals surface area contributed by atoms with Crippen LogP contribution in [0, 0.1) is 5.92 Å². The van der Waals surface area contributed by atoms with Crippen molar-refractivity contribution in [2.75, 3.05) is 18.0 Å². The van der Waals surface area contributed by atoms with Crippen LogP contribution in [0.5, 0.6) is 0 Å². The maximum absolute atomic E-state index is 12.3. The van der Waals surface area contributed by atoms with Gasteiger partial charge in [-0.05, 0) is 31.2 Å². The van der Waals surface area contributed by atoms with Crippen molar-refractivity contribution < 1.29 is 4.79 Å². The molecule has 0 spiro atoms. The van der Waals surface area contributed by atoms with Crippen LogP contribution in [0.1, 0.15) is 48.8 Å². The van der Waals surface area contributed by atoms with Gasteiger partial charge >= 0.3 is 0 Å². The molecule has 2 heterocycles. The van der Waals surface area contributed by atoms with Crippen LogP contribution >= 0.6 is 0 Å². The van der Waals surface area contributed by atoms with Crippen molar-refractivity contribution in [3.8, 4) is 0 Å². The molecular weight excluding hydrogens is 300 g/mol. The molecule has 1 aliphatic heterocycles. The van der Waals surface area contributed by atoms with E-state index in [1.807, 2.05) is 37.3 Å². The van der Waals surface area contributed by atoms with Gasteiger partial charge in [-0.3, -0.25) is 4.79 Å². The van der Waals surface area contributed by atoms with Crippen LogP contribution in [0.4, 0.5) is 5.82 Å². The molecule has 1 saturated heterocycles. The molecular formula is C19H24N4O. The predicted octanol–water partition coefficient (Wildman–Crippen LogP) is 3.20. The lowest BCUT2D eigenvalue weighted by Crippen LogP contribution is -2.33. The number of amides is 1. The summed E-state index contributed by atoms with van der Waals surface area (Å²) < 4.78 is 0. The third kappa shape index (κ3) is 3.91. The maximum Gasteiger partial charge on any atom is 0.271 e. The number of nitrogens with one attached hydrogen (secondary N) is 1. The monoisotopic (exact) mass is 324 g/mol. The molecule has 2 aromatic rings. The first-order valence-electron chi connectivity index (χ1n) is 8.56. The Balaban J connectivity index is 1.61. The predicted molar refractivity (Wildman–Crippen MR) is 95.0 cm³/mol. The molecule has 0 saturated carbocycles. The summed E-state index contributed by atoms with van der Waals surface area (Å²) in [6.07, 6.45) is 5.63. The fourth-order valence-electron chi connectivity index (χ4n) is 2.94. The Morgan fingerprint density at radius 2 is 1.88 bits per heavy atom. The first kappa shape index (κ1) is 16.4. The number of hydrogen-bond acceptors (Lipinski definition) is 4. The van der Waals surface area contributed by atoms with Crippen LogP contribution in [-0.2, 0) is 0 Å². The van der Waals surface area contributed by atoms with Gasteiger partial charge in [-0.2, -0.15) is 0 Å². The molecule has 24 heavy (non-hydrogen) atoms. The number of nitrogens with zero attached hydrogens (tertiary/aromatic N) is 3. The minimum absolute atomic E-state index is 0.0660. The second-order valence-electron chi connectivity index (χ2n) is 6.54. The average Bonchev–Trinajstić information content (AvgIpc) is 2.63. The van der Waals surface area contributed by atoms with Crippen LogP contribution < -0.4 is 10.2 Å². The van der Waals surface area contributed by atoms with Crippen LogP contribution in [-0.4, -0.2) is 29.0 Å². The Labute approximate surface area is 143 Å². The van der Waals surface area contributed by atoms with E-state index in [1.54, 1.807) is 12.4 Å². The van der Waals surface area contributed by atoms with E-state index in [0.717, 1.165) is 30.4 Å². The van der Waals surface area contributed by atoms with Crippen molar-refractivity contribution in [2.24, 2.45) is 5.92 Å². The van der Waals surface area contributed by atoms with Crippen molar-refractivity contribution in [1.29, 1.82) is 0 Å². The van der Waals surface area contributed by atoms with E-state index in [1.165, 1.54) is 12.8 Å². The first-order chi connectivity index (χ1) is 11.6. The van der Waals surface area contributed by atoms with Crippen LogP contribution in [0.3, 0.4) is 0 Å². The van der Waals surface area contributed by atoms with E-state index >= 15 is 0 Å². The number of rotatable bonds is 4. The number of anilines is 1. The number of carbonyl (C=O) groups is 1. The van der Waals surface area contributed by atoms with Gasteiger partial charge in [-0.25, -0.2) is 9.97 Å². The summed E-state index contributed by atoms with van der Waals surface area (Å²) in [5.74, 6) is 1.44. The molecule has 5 heteroatoms. The second kappa shape index (κ2) is 7.43. The fraction of sp³-hybridized carbons (Fsp3) is 0.421. The highest BCUT2D eigenvalue weighted by molar-refractivity contribution is 5.92. The van der Waals surface area contributed by atoms with Crippen LogP contribution in [0.2, 0.25) is 0 Å². The Bertz CT molecular complexity index is 664. The molecule has 1 aromatic carbocycles. The molecule has 1 aliphatic rings. The average molecular weight is 324 g/mol. The van der Waals surface area contributed by atoms with E-state index in [-0.39, 0.29) is 11.9 Å². The van der Waals surface area contributed by atoms with Crippen molar-refractivity contribution in [1.82, 2.24) is 15.3 Å². The molecule has 1 aromatic heterocycles. The van der Waals surface area contributed by atoms with Gasteiger partial charge in [-0.1, -0.05) is 37.3 Å². The minimum atomic E-state index is -0.197. The van der Waals surface area contributed by atoms with E-state index in [0.29, 0.717) is 5.69 Å². The number of piperidine rings is 1. The quantitative estimate of drug-likeness (QED) is 0.938. The van der Waals surface area contributed by atoms with Crippen molar-refractivity contribution in [3.05, 3.63) is 54.0 Å². The molecule has 0 radical (unpaired) electrons. The summed E-state index contributed by atoms with van der Waals surface area (Å²) >= 11 is 0. The Morgan fingerprint density at radius 3 is 2.50 bits per heavy atom. The molecule has 1 fully saturated rings. The first-order valence-corrected chi connectivity index (χ1v) is 8.56. The largest absolute Gasteiger partial charge is 0.355 e. The molecule has 1 atom stereocenters. The van der Waals surface area contributed by atoms with Crippen LogP contribution in [0.25, 0.3) is 0 Å². The molecule has 0 bridgehead atoms. The number of benzene rings is 1. The molecule has 3 rings (SSSR count). The van der Waals surface area contributed by atoms with Gasteiger partial charge in [0.1, 0.15) is 11.5 Å². The topological polar surface area (TPSA) is 58.1 Å². The summed E-state index contributed by atoms with van der Waals surface area (Å²) in [5, 5.41) is 2.96. The zero-order valence-corrected chi connectivity index (χ0v) is 14.3. The molecule has 126 valence electrons. The normalized spacial score (nSPS) is 16.7. The van der Waals surface area contributed by atoms with E-state index in [2.05, 4.69) is 27.1 Å². The smallest absolute Gasteiger partial charge is 0.271 e. The third-order valence-electron chi connectivity index (χ3n) is 4.63. The zero-order valence-electron chi connectivity index (χ0n) is 14.3. The van der Waals surface area contributed by atoms with Crippen LogP contribution in [0.15, 0.2) is 42.7 Å². The van der Waals surface area contributed by atoms with E-state index in [4.69, 9.17) is 0 Å². The Hall–Kier alpha value is -2.43. The summed E-state index contributed by atoms with van der Waals surface area (Å²) in [6, 6.07) is 9.82. The van der Waals surface area contributed by atoms with Crippen molar-refractivity contribution >= 4 is 11.7 Å². The summed E-state index contributed by atoms with van der Waals surface area (Å²) in [6.45, 7) is 6.26. The second-order valence-corrected chi connectivity index (χ2v) is 6.54. The van der Waals surface area contributed by atoms with Gasteiger partial charge < -0.3 is 10.2 Å². The summed E-state index contributed by atoms with van der Waals surface area (Å²) in [5.41, 5.74) is 1.42. The lowest BCUT2D eigenvalue weighted by atomic mass is 9.99. The maximum atomic E-state index is 12.3.